The van der Waals surface area contributed by atoms with Crippen molar-refractivity contribution in [1.29, 1.82) is 0 Å². The van der Waals surface area contributed by atoms with Gasteiger partial charge in [-0.25, -0.2) is 4.79 Å². The van der Waals surface area contributed by atoms with Gasteiger partial charge in [0.15, 0.2) is 0 Å². The molecule has 5 nitrogen and oxygen atoms in total. The fourth-order valence-corrected chi connectivity index (χ4v) is 3.55. The van der Waals surface area contributed by atoms with Gasteiger partial charge in [-0.3, -0.25) is 4.79 Å². The summed E-state index contributed by atoms with van der Waals surface area (Å²) >= 11 is 1.34. The van der Waals surface area contributed by atoms with Crippen LogP contribution in [0.25, 0.3) is 0 Å². The first kappa shape index (κ1) is 23.0. The summed E-state index contributed by atoms with van der Waals surface area (Å²) in [5.41, 5.74) is 0.611. The number of aliphatic carboxylic acids is 1. The average molecular weight is 393 g/mol. The van der Waals surface area contributed by atoms with Crippen molar-refractivity contribution in [2.75, 3.05) is 5.75 Å². The molecule has 1 rings (SSSR count). The fourth-order valence-electron chi connectivity index (χ4n) is 2.44. The minimum atomic E-state index is -1.05. The van der Waals surface area contributed by atoms with Gasteiger partial charge in [-0.2, -0.15) is 11.8 Å². The molecule has 1 aromatic rings. The van der Waals surface area contributed by atoms with E-state index in [0.29, 0.717) is 11.3 Å². The van der Waals surface area contributed by atoms with E-state index in [1.807, 2.05) is 18.2 Å². The molecule has 0 spiro atoms. The first-order valence-corrected chi connectivity index (χ1v) is 10.2. The summed E-state index contributed by atoms with van der Waals surface area (Å²) < 4.78 is 0. The predicted octanol–water partition coefficient (Wildman–Crippen LogP) is 4.69. The number of carboxylic acid groups (broad SMARTS) is 2. The lowest BCUT2D eigenvalue weighted by Crippen LogP contribution is -2.15. The van der Waals surface area contributed by atoms with Crippen molar-refractivity contribution in [1.82, 2.24) is 0 Å². The van der Waals surface area contributed by atoms with Crippen molar-refractivity contribution in [2.45, 2.75) is 50.4 Å². The molecule has 0 saturated heterocycles. The number of rotatable bonds is 13. The Kier molecular flexibility index (Phi) is 11.2. The molecule has 2 atom stereocenters. The maximum absolute atomic E-state index is 11.1. The second-order valence-electron chi connectivity index (χ2n) is 6.16. The lowest BCUT2D eigenvalue weighted by atomic mass is 10.0. The van der Waals surface area contributed by atoms with Crippen LogP contribution in [-0.2, 0) is 4.79 Å². The monoisotopic (exact) mass is 392 g/mol. The maximum Gasteiger partial charge on any atom is 0.335 e. The van der Waals surface area contributed by atoms with Crippen LogP contribution in [0, 0.1) is 0 Å². The number of carbonyl (C=O) groups is 2. The normalized spacial score (nSPS) is 13.9. The summed E-state index contributed by atoms with van der Waals surface area (Å²) in [4.78, 5) is 21.9. The Morgan fingerprint density at radius 2 is 1.96 bits per heavy atom. The molecule has 0 aliphatic heterocycles. The Balaban J connectivity index is 2.81. The summed E-state index contributed by atoms with van der Waals surface area (Å²) in [5.74, 6) is -1.58. The zero-order chi connectivity index (χ0) is 20.1. The molecular weight excluding hydrogens is 364 g/mol. The van der Waals surface area contributed by atoms with Gasteiger partial charge in [0.25, 0.3) is 0 Å². The summed E-state index contributed by atoms with van der Waals surface area (Å²) in [5, 5.41) is 28.3. The molecule has 0 aliphatic carbocycles. The van der Waals surface area contributed by atoms with Crippen LogP contribution in [0.2, 0.25) is 0 Å². The highest BCUT2D eigenvalue weighted by atomic mass is 32.2. The van der Waals surface area contributed by atoms with Gasteiger partial charge in [0.2, 0.25) is 0 Å². The molecule has 0 aromatic heterocycles. The number of hydrogen-bond donors (Lipinski definition) is 3. The molecule has 27 heavy (non-hydrogen) atoms. The molecule has 0 heterocycles. The van der Waals surface area contributed by atoms with Gasteiger partial charge >= 0.3 is 11.9 Å². The number of unbranched alkanes of at least 4 members (excludes halogenated alkanes) is 3. The number of benzene rings is 1. The molecule has 3 N–H and O–H groups in total. The Bertz CT molecular complexity index is 654. The zero-order valence-corrected chi connectivity index (χ0v) is 16.4. The number of hydrogen-bond acceptors (Lipinski definition) is 4. The van der Waals surface area contributed by atoms with Crippen molar-refractivity contribution in [2.24, 2.45) is 0 Å². The topological polar surface area (TPSA) is 94.8 Å². The van der Waals surface area contributed by atoms with E-state index in [2.05, 4.69) is 13.0 Å². The lowest BCUT2D eigenvalue weighted by molar-refractivity contribution is -0.136. The molecule has 0 unspecified atom stereocenters. The molecule has 0 radical (unpaired) electrons. The second-order valence-corrected chi connectivity index (χ2v) is 7.45. The fraction of sp³-hybridized carbons (Fsp3) is 0.429. The van der Waals surface area contributed by atoms with Gasteiger partial charge in [0, 0.05) is 5.75 Å². The number of aliphatic hydroxyl groups excluding tert-OH is 1. The molecule has 0 fully saturated rings. The van der Waals surface area contributed by atoms with Crippen LogP contribution >= 0.6 is 11.8 Å². The lowest BCUT2D eigenvalue weighted by Gasteiger charge is -2.20. The third-order valence-electron chi connectivity index (χ3n) is 3.93. The molecule has 0 saturated carbocycles. The number of allylic oxidation sites excluding steroid dienone is 3. The molecule has 0 aliphatic rings. The zero-order valence-electron chi connectivity index (χ0n) is 15.6. The highest BCUT2D eigenvalue weighted by Crippen LogP contribution is 2.29. The number of aromatic carboxylic acids is 1. The summed E-state index contributed by atoms with van der Waals surface area (Å²) in [6, 6.07) is 6.20. The van der Waals surface area contributed by atoms with Crippen LogP contribution in [0.1, 0.15) is 61.1 Å². The quantitative estimate of drug-likeness (QED) is 0.333. The van der Waals surface area contributed by atoms with E-state index >= 15 is 0 Å². The van der Waals surface area contributed by atoms with Crippen LogP contribution in [-0.4, -0.2) is 38.3 Å². The molecule has 6 heteroatoms. The molecule has 0 bridgehead atoms. The van der Waals surface area contributed by atoms with Gasteiger partial charge in [-0.15, -0.1) is 0 Å². The van der Waals surface area contributed by atoms with Crippen LogP contribution in [0.15, 0.2) is 48.6 Å². The third kappa shape index (κ3) is 9.45. The van der Waals surface area contributed by atoms with Gasteiger partial charge in [0.05, 0.1) is 23.3 Å². The molecule has 148 valence electrons. The number of thioether (sulfide) groups is 1. The summed E-state index contributed by atoms with van der Waals surface area (Å²) in [7, 11) is 0. The van der Waals surface area contributed by atoms with Gasteiger partial charge in [0.1, 0.15) is 0 Å². The first-order chi connectivity index (χ1) is 13.0. The molecule has 0 amide bonds. The Hall–Kier alpha value is -2.05. The minimum Gasteiger partial charge on any atom is -0.481 e. The maximum atomic E-state index is 11.1. The van der Waals surface area contributed by atoms with Crippen molar-refractivity contribution < 1.29 is 24.9 Å². The van der Waals surface area contributed by atoms with Gasteiger partial charge in [-0.1, -0.05) is 56.2 Å². The van der Waals surface area contributed by atoms with Crippen LogP contribution in [0.4, 0.5) is 0 Å². The average Bonchev–Trinajstić information content (AvgIpc) is 2.65. The van der Waals surface area contributed by atoms with Crippen LogP contribution in [0.3, 0.4) is 0 Å². The standard InChI is InChI=1S/C21H28O5S/c1-2-3-4-5-6-7-8-12-18(27-14-13-19(22)23)20(24)16-10-9-11-17(15-16)21(25)26/h6-12,15,18,20,24H,2-5,13-14H2,1H3,(H,22,23)(H,25,26)/b7-6-,12-8+/t18-,20+/m0/s1. The van der Waals surface area contributed by atoms with Crippen LogP contribution < -0.4 is 0 Å². The van der Waals surface area contributed by atoms with E-state index in [9.17, 15) is 14.7 Å². The van der Waals surface area contributed by atoms with E-state index in [4.69, 9.17) is 10.2 Å². The molecular formula is C21H28O5S. The van der Waals surface area contributed by atoms with E-state index in [-0.39, 0.29) is 17.2 Å². The van der Waals surface area contributed by atoms with E-state index in [1.165, 1.54) is 36.7 Å². The first-order valence-electron chi connectivity index (χ1n) is 9.13. The van der Waals surface area contributed by atoms with Crippen molar-refractivity contribution in [3.8, 4) is 0 Å². The Morgan fingerprint density at radius 1 is 1.19 bits per heavy atom. The van der Waals surface area contributed by atoms with Crippen LogP contribution in [0.5, 0.6) is 0 Å². The predicted molar refractivity (Wildman–Crippen MR) is 109 cm³/mol. The highest BCUT2D eigenvalue weighted by molar-refractivity contribution is 8.00. The summed E-state index contributed by atoms with van der Waals surface area (Å²) in [6.07, 6.45) is 11.3. The van der Waals surface area contributed by atoms with E-state index < -0.39 is 18.0 Å². The number of aliphatic hydroxyl groups is 1. The SMILES string of the molecule is CCCCC/C=C\C=C\[C@H](SCCC(=O)O)[C@H](O)c1cccc(C(=O)O)c1. The Labute approximate surface area is 164 Å². The van der Waals surface area contributed by atoms with Gasteiger partial charge in [-0.05, 0) is 30.5 Å². The minimum absolute atomic E-state index is 0.00372. The molecule has 1 aromatic carbocycles. The second kappa shape index (κ2) is 13.2. The number of carboxylic acids is 2. The Morgan fingerprint density at radius 3 is 2.63 bits per heavy atom. The van der Waals surface area contributed by atoms with Gasteiger partial charge < -0.3 is 15.3 Å². The largest absolute Gasteiger partial charge is 0.481 e. The smallest absolute Gasteiger partial charge is 0.335 e. The van der Waals surface area contributed by atoms with Crippen molar-refractivity contribution in [3.63, 3.8) is 0 Å². The summed E-state index contributed by atoms with van der Waals surface area (Å²) in [6.45, 7) is 2.16. The van der Waals surface area contributed by atoms with E-state index in [0.717, 1.165) is 12.8 Å². The van der Waals surface area contributed by atoms with E-state index in [1.54, 1.807) is 12.1 Å². The van der Waals surface area contributed by atoms with Crippen molar-refractivity contribution in [3.05, 3.63) is 59.7 Å². The highest BCUT2D eigenvalue weighted by Gasteiger charge is 2.20. The van der Waals surface area contributed by atoms with Crippen molar-refractivity contribution >= 4 is 23.7 Å². The third-order valence-corrected chi connectivity index (χ3v) is 5.17.